The number of ketones is 1. The number of halogens is 4. The molecule has 0 amide bonds. The van der Waals surface area contributed by atoms with Crippen molar-refractivity contribution < 1.29 is 22.9 Å². The normalized spacial score (nSPS) is 13.2. The smallest absolute Gasteiger partial charge is 0.298 e. The van der Waals surface area contributed by atoms with Crippen molar-refractivity contribution in [2.75, 3.05) is 0 Å². The van der Waals surface area contributed by atoms with Crippen molar-refractivity contribution in [1.29, 1.82) is 0 Å². The van der Waals surface area contributed by atoms with Crippen LogP contribution in [-0.2, 0) is 11.0 Å². The first kappa shape index (κ1) is 14.4. The highest BCUT2D eigenvalue weighted by Gasteiger charge is 2.42. The summed E-state index contributed by atoms with van der Waals surface area (Å²) in [7, 11) is 0. The van der Waals surface area contributed by atoms with Gasteiger partial charge in [0.2, 0.25) is 0 Å². The van der Waals surface area contributed by atoms with Crippen LogP contribution in [0.5, 0.6) is 0 Å². The Hall–Kier alpha value is -1.63. The van der Waals surface area contributed by atoms with Gasteiger partial charge in [-0.2, -0.15) is 13.2 Å². The summed E-state index contributed by atoms with van der Waals surface area (Å²) < 4.78 is 38.5. The molecule has 1 atom stereocenters. The van der Waals surface area contributed by atoms with Crippen LogP contribution in [0.25, 0.3) is 0 Å². The van der Waals surface area contributed by atoms with Crippen LogP contribution in [0.15, 0.2) is 18.2 Å². The summed E-state index contributed by atoms with van der Waals surface area (Å²) >= 11 is 5.56. The Bertz CT molecular complexity index is 502. The molecule has 18 heavy (non-hydrogen) atoms. The Morgan fingerprint density at radius 2 is 2.00 bits per heavy atom. The molecular weight excluding hydrogens is 275 g/mol. The molecule has 98 valence electrons. The largest absolute Gasteiger partial charge is 0.423 e. The predicted molar refractivity (Wildman–Crippen MR) is 57.4 cm³/mol. The fraction of sp³-hybridized carbons (Fsp3) is 0.300. The molecule has 0 bridgehead atoms. The van der Waals surface area contributed by atoms with Gasteiger partial charge >= 0.3 is 6.18 Å². The van der Waals surface area contributed by atoms with Gasteiger partial charge in [-0.3, -0.25) is 14.9 Å². The predicted octanol–water partition coefficient (Wildman–Crippen LogP) is 3.48. The quantitative estimate of drug-likeness (QED) is 0.484. The maximum absolute atomic E-state index is 12.8. The number of carbonyl (C=O) groups excluding carboxylic acids is 1. The van der Waals surface area contributed by atoms with Crippen LogP contribution in [0.1, 0.15) is 23.4 Å². The zero-order valence-electron chi connectivity index (χ0n) is 8.99. The first-order chi connectivity index (χ1) is 8.16. The zero-order chi connectivity index (χ0) is 14.1. The minimum absolute atomic E-state index is 0.606. The summed E-state index contributed by atoms with van der Waals surface area (Å²) in [6, 6.07) is 2.73. The third-order valence-electron chi connectivity index (χ3n) is 2.18. The van der Waals surface area contributed by atoms with Crippen molar-refractivity contribution in [3.8, 4) is 0 Å². The van der Waals surface area contributed by atoms with E-state index in [0.29, 0.717) is 0 Å². The van der Waals surface area contributed by atoms with Crippen molar-refractivity contribution in [2.45, 2.75) is 18.5 Å². The molecule has 8 heteroatoms. The molecule has 1 rings (SSSR count). The second-order valence-electron chi connectivity index (χ2n) is 3.47. The van der Waals surface area contributed by atoms with E-state index in [4.69, 9.17) is 11.6 Å². The highest BCUT2D eigenvalue weighted by molar-refractivity contribution is 6.31. The van der Waals surface area contributed by atoms with E-state index in [1.807, 2.05) is 0 Å². The first-order valence-electron chi connectivity index (χ1n) is 4.65. The summed E-state index contributed by atoms with van der Waals surface area (Å²) in [6.07, 6.45) is -4.96. The average molecular weight is 282 g/mol. The number of Topliss-reactive ketones (excluding diaryl/α,β-unsaturated/α-hetero) is 1. The SMILES string of the molecule is CC(=O)C(Cl)c1cccc([N+](=O)[O-])c1C(F)(F)F. The Balaban J connectivity index is 3.58. The van der Waals surface area contributed by atoms with Crippen molar-refractivity contribution in [2.24, 2.45) is 0 Å². The van der Waals surface area contributed by atoms with Crippen LogP contribution in [0.4, 0.5) is 18.9 Å². The van der Waals surface area contributed by atoms with E-state index in [1.165, 1.54) is 0 Å². The van der Waals surface area contributed by atoms with Crippen LogP contribution in [0.3, 0.4) is 0 Å². The highest BCUT2D eigenvalue weighted by atomic mass is 35.5. The monoisotopic (exact) mass is 281 g/mol. The number of nitro groups is 1. The molecule has 0 aliphatic heterocycles. The number of benzene rings is 1. The van der Waals surface area contributed by atoms with E-state index in [9.17, 15) is 28.1 Å². The van der Waals surface area contributed by atoms with E-state index in [2.05, 4.69) is 0 Å². The molecule has 0 fully saturated rings. The summed E-state index contributed by atoms with van der Waals surface area (Å²) in [6.45, 7) is 1.01. The molecule has 1 unspecified atom stereocenters. The molecule has 0 spiro atoms. The van der Waals surface area contributed by atoms with Gasteiger partial charge in [0.1, 0.15) is 10.9 Å². The van der Waals surface area contributed by atoms with Gasteiger partial charge < -0.3 is 0 Å². The van der Waals surface area contributed by atoms with Gasteiger partial charge in [0, 0.05) is 6.07 Å². The lowest BCUT2D eigenvalue weighted by Crippen LogP contribution is -2.15. The first-order valence-corrected chi connectivity index (χ1v) is 5.09. The summed E-state index contributed by atoms with van der Waals surface area (Å²) in [5.74, 6) is -0.720. The molecule has 0 aliphatic rings. The molecule has 0 aromatic heterocycles. The number of nitrogens with zero attached hydrogens (tertiary/aromatic N) is 1. The molecule has 0 heterocycles. The molecule has 0 radical (unpaired) electrons. The van der Waals surface area contributed by atoms with E-state index >= 15 is 0 Å². The van der Waals surface area contributed by atoms with E-state index < -0.39 is 39.1 Å². The lowest BCUT2D eigenvalue weighted by Gasteiger charge is -2.15. The third kappa shape index (κ3) is 2.79. The lowest BCUT2D eigenvalue weighted by molar-refractivity contribution is -0.388. The van der Waals surface area contributed by atoms with Crippen molar-refractivity contribution in [3.05, 3.63) is 39.4 Å². The number of hydrogen-bond donors (Lipinski definition) is 0. The maximum Gasteiger partial charge on any atom is 0.423 e. The zero-order valence-corrected chi connectivity index (χ0v) is 9.75. The molecule has 1 aromatic rings. The van der Waals surface area contributed by atoms with Crippen LogP contribution in [-0.4, -0.2) is 10.7 Å². The van der Waals surface area contributed by atoms with Gasteiger partial charge in [0.15, 0.2) is 5.78 Å². The Kier molecular flexibility index (Phi) is 3.95. The molecular formula is C10H7ClF3NO3. The highest BCUT2D eigenvalue weighted by Crippen LogP contribution is 2.42. The van der Waals surface area contributed by atoms with Crippen LogP contribution < -0.4 is 0 Å². The van der Waals surface area contributed by atoms with Gasteiger partial charge in [0.05, 0.1) is 4.92 Å². The van der Waals surface area contributed by atoms with Gasteiger partial charge in [-0.1, -0.05) is 12.1 Å². The topological polar surface area (TPSA) is 60.2 Å². The average Bonchev–Trinajstić information content (AvgIpc) is 2.25. The van der Waals surface area contributed by atoms with Crippen LogP contribution in [0.2, 0.25) is 0 Å². The minimum atomic E-state index is -4.96. The Labute approximate surface area is 105 Å². The van der Waals surface area contributed by atoms with E-state index in [-0.39, 0.29) is 0 Å². The molecule has 0 aliphatic carbocycles. The van der Waals surface area contributed by atoms with Gasteiger partial charge in [-0.05, 0) is 12.5 Å². The third-order valence-corrected chi connectivity index (χ3v) is 2.73. The summed E-state index contributed by atoms with van der Waals surface area (Å²) in [5, 5.41) is 9.02. The number of nitro benzene ring substituents is 1. The second-order valence-corrected chi connectivity index (χ2v) is 3.91. The van der Waals surface area contributed by atoms with Gasteiger partial charge in [-0.25, -0.2) is 0 Å². The number of carbonyl (C=O) groups is 1. The van der Waals surface area contributed by atoms with Crippen LogP contribution >= 0.6 is 11.6 Å². The Morgan fingerprint density at radius 1 is 1.44 bits per heavy atom. The van der Waals surface area contributed by atoms with Crippen molar-refractivity contribution >= 4 is 23.1 Å². The number of rotatable bonds is 3. The number of hydrogen-bond acceptors (Lipinski definition) is 3. The molecule has 0 saturated heterocycles. The molecule has 4 nitrogen and oxygen atoms in total. The molecule has 1 aromatic carbocycles. The lowest BCUT2D eigenvalue weighted by atomic mass is 10.00. The van der Waals surface area contributed by atoms with Gasteiger partial charge in [0.25, 0.3) is 5.69 Å². The van der Waals surface area contributed by atoms with Crippen LogP contribution in [0, 0.1) is 10.1 Å². The van der Waals surface area contributed by atoms with Crippen molar-refractivity contribution in [1.82, 2.24) is 0 Å². The standard InChI is InChI=1S/C10H7ClF3NO3/c1-5(16)9(11)6-3-2-4-7(15(17)18)8(6)10(12,13)14/h2-4,9H,1H3. The van der Waals surface area contributed by atoms with Gasteiger partial charge in [-0.15, -0.1) is 11.6 Å². The minimum Gasteiger partial charge on any atom is -0.298 e. The van der Waals surface area contributed by atoms with E-state index in [0.717, 1.165) is 25.1 Å². The fourth-order valence-electron chi connectivity index (χ4n) is 1.45. The second kappa shape index (κ2) is 4.93. The van der Waals surface area contributed by atoms with E-state index in [1.54, 1.807) is 0 Å². The Morgan fingerprint density at radius 3 is 2.39 bits per heavy atom. The maximum atomic E-state index is 12.8. The summed E-state index contributed by atoms with van der Waals surface area (Å²) in [4.78, 5) is 20.5. The number of alkyl halides is 4. The fourth-order valence-corrected chi connectivity index (χ4v) is 1.63. The summed E-state index contributed by atoms with van der Waals surface area (Å²) in [5.41, 5.74) is -3.21. The van der Waals surface area contributed by atoms with Crippen molar-refractivity contribution in [3.63, 3.8) is 0 Å². The molecule has 0 N–H and O–H groups in total. The molecule has 0 saturated carbocycles.